The van der Waals surface area contributed by atoms with Crippen molar-refractivity contribution in [1.29, 1.82) is 0 Å². The predicted octanol–water partition coefficient (Wildman–Crippen LogP) is 6.09. The van der Waals surface area contributed by atoms with Crippen molar-refractivity contribution in [3.8, 4) is 0 Å². The molecule has 42 heavy (non-hydrogen) atoms. The highest BCUT2D eigenvalue weighted by Crippen LogP contribution is 2.28. The Morgan fingerprint density at radius 3 is 2.00 bits per heavy atom. The van der Waals surface area contributed by atoms with E-state index >= 15 is 0 Å². The maximum atomic E-state index is 13.6. The van der Waals surface area contributed by atoms with Crippen LogP contribution >= 0.6 is 0 Å². The number of sulfonamides is 2. The van der Waals surface area contributed by atoms with Gasteiger partial charge < -0.3 is 5.32 Å². The lowest BCUT2D eigenvalue weighted by Crippen LogP contribution is -2.38. The maximum absolute atomic E-state index is 13.6. The molecule has 10 heteroatoms. The van der Waals surface area contributed by atoms with Crippen molar-refractivity contribution in [3.05, 3.63) is 126 Å². The number of fused-ring (bicyclic) bond motifs is 1. The lowest BCUT2D eigenvalue weighted by Gasteiger charge is -2.25. The standard InChI is InChI=1S/C32H29N3O5S2/c1-23-19-24(2)21-27(20-23)35(42(39,40)29-11-4-3-5-12-29)22-32(36)33-26-15-17-28(18-16-26)41(37,38)34-31-14-8-10-25-9-6-7-13-30(25)31/h3-21,34H,22H2,1-2H3,(H,33,36). The Bertz CT molecular complexity index is 1950. The van der Waals surface area contributed by atoms with Gasteiger partial charge in [-0.3, -0.25) is 13.8 Å². The molecule has 0 aliphatic rings. The molecular weight excluding hydrogens is 571 g/mol. The molecule has 0 aliphatic heterocycles. The average Bonchev–Trinajstić information content (AvgIpc) is 2.96. The van der Waals surface area contributed by atoms with Gasteiger partial charge in [0.15, 0.2) is 0 Å². The van der Waals surface area contributed by atoms with Gasteiger partial charge in [0.1, 0.15) is 6.54 Å². The fourth-order valence-corrected chi connectivity index (χ4v) is 7.20. The Labute approximate surface area is 245 Å². The van der Waals surface area contributed by atoms with Crippen LogP contribution in [0.1, 0.15) is 11.1 Å². The number of rotatable bonds is 9. The van der Waals surface area contributed by atoms with Crippen LogP contribution in [0, 0.1) is 13.8 Å². The van der Waals surface area contributed by atoms with Gasteiger partial charge >= 0.3 is 0 Å². The van der Waals surface area contributed by atoms with Crippen LogP contribution in [0.25, 0.3) is 10.8 Å². The second kappa shape index (κ2) is 11.7. The number of nitrogens with zero attached hydrogens (tertiary/aromatic N) is 1. The van der Waals surface area contributed by atoms with E-state index in [4.69, 9.17) is 0 Å². The van der Waals surface area contributed by atoms with E-state index in [0.717, 1.165) is 26.2 Å². The van der Waals surface area contributed by atoms with Crippen LogP contribution in [0.5, 0.6) is 0 Å². The Morgan fingerprint density at radius 2 is 1.31 bits per heavy atom. The SMILES string of the molecule is Cc1cc(C)cc(N(CC(=O)Nc2ccc(S(=O)(=O)Nc3cccc4ccccc34)cc2)S(=O)(=O)c2ccccc2)c1. The normalized spacial score (nSPS) is 11.7. The molecule has 5 aromatic carbocycles. The highest BCUT2D eigenvalue weighted by molar-refractivity contribution is 7.93. The second-order valence-corrected chi connectivity index (χ2v) is 13.4. The van der Waals surface area contributed by atoms with E-state index in [9.17, 15) is 21.6 Å². The fourth-order valence-electron chi connectivity index (χ4n) is 4.70. The molecule has 2 N–H and O–H groups in total. The number of carbonyl (C=O) groups excluding carboxylic acids is 1. The molecule has 5 aromatic rings. The molecule has 5 rings (SSSR count). The number of nitrogens with one attached hydrogen (secondary N) is 2. The van der Waals surface area contributed by atoms with Crippen LogP contribution in [0.2, 0.25) is 0 Å². The number of benzene rings is 5. The Hall–Kier alpha value is -4.67. The zero-order valence-corrected chi connectivity index (χ0v) is 24.6. The lowest BCUT2D eigenvalue weighted by atomic mass is 10.1. The summed E-state index contributed by atoms with van der Waals surface area (Å²) in [5, 5.41) is 4.36. The minimum Gasteiger partial charge on any atom is -0.325 e. The van der Waals surface area contributed by atoms with E-state index in [2.05, 4.69) is 10.0 Å². The molecule has 0 fully saturated rings. The highest BCUT2D eigenvalue weighted by atomic mass is 32.2. The molecule has 0 bridgehead atoms. The predicted molar refractivity (Wildman–Crippen MR) is 167 cm³/mol. The van der Waals surface area contributed by atoms with Gasteiger partial charge in [-0.2, -0.15) is 0 Å². The third kappa shape index (κ3) is 6.29. The van der Waals surface area contributed by atoms with Crippen molar-refractivity contribution in [2.75, 3.05) is 20.9 Å². The Morgan fingerprint density at radius 1 is 0.690 bits per heavy atom. The molecule has 0 spiro atoms. The van der Waals surface area contributed by atoms with Gasteiger partial charge in [0.25, 0.3) is 20.0 Å². The van der Waals surface area contributed by atoms with Crippen molar-refractivity contribution in [2.45, 2.75) is 23.6 Å². The van der Waals surface area contributed by atoms with E-state index in [1.807, 2.05) is 50.2 Å². The first kappa shape index (κ1) is 28.8. The summed E-state index contributed by atoms with van der Waals surface area (Å²) in [4.78, 5) is 13.2. The van der Waals surface area contributed by atoms with Crippen molar-refractivity contribution >= 4 is 53.8 Å². The molecule has 0 atom stereocenters. The number of carbonyl (C=O) groups is 1. The summed E-state index contributed by atoms with van der Waals surface area (Å²) in [6, 6.07) is 31.8. The minimum absolute atomic E-state index is 0.0111. The van der Waals surface area contributed by atoms with Gasteiger partial charge in [-0.05, 0) is 85.0 Å². The molecule has 0 aliphatic carbocycles. The summed E-state index contributed by atoms with van der Waals surface area (Å²) in [6.45, 7) is 3.23. The molecule has 0 saturated heterocycles. The van der Waals surface area contributed by atoms with E-state index in [0.29, 0.717) is 17.1 Å². The van der Waals surface area contributed by atoms with Crippen LogP contribution in [0.3, 0.4) is 0 Å². The third-order valence-electron chi connectivity index (χ3n) is 6.60. The van der Waals surface area contributed by atoms with Crippen LogP contribution in [-0.2, 0) is 24.8 Å². The lowest BCUT2D eigenvalue weighted by molar-refractivity contribution is -0.114. The average molecular weight is 600 g/mol. The van der Waals surface area contributed by atoms with E-state index in [1.54, 1.807) is 42.5 Å². The monoisotopic (exact) mass is 599 g/mol. The van der Waals surface area contributed by atoms with Crippen molar-refractivity contribution in [3.63, 3.8) is 0 Å². The molecule has 0 saturated carbocycles. The zero-order valence-electron chi connectivity index (χ0n) is 23.0. The van der Waals surface area contributed by atoms with Crippen LogP contribution in [-0.4, -0.2) is 29.3 Å². The second-order valence-electron chi connectivity index (χ2n) is 9.88. The smallest absolute Gasteiger partial charge is 0.264 e. The van der Waals surface area contributed by atoms with E-state index in [-0.39, 0.29) is 9.79 Å². The first-order valence-corrected chi connectivity index (χ1v) is 16.0. The first-order valence-electron chi connectivity index (χ1n) is 13.1. The first-order chi connectivity index (χ1) is 20.0. The summed E-state index contributed by atoms with van der Waals surface area (Å²) in [5.74, 6) is -0.585. The molecule has 8 nitrogen and oxygen atoms in total. The number of amides is 1. The van der Waals surface area contributed by atoms with Crippen LogP contribution < -0.4 is 14.3 Å². The molecule has 1 amide bonds. The number of aryl methyl sites for hydroxylation is 2. The Balaban J connectivity index is 1.35. The van der Waals surface area contributed by atoms with Gasteiger partial charge in [-0.15, -0.1) is 0 Å². The summed E-state index contributed by atoms with van der Waals surface area (Å²) in [6.07, 6.45) is 0. The fraction of sp³-hybridized carbons (Fsp3) is 0.0938. The molecule has 0 aromatic heterocycles. The minimum atomic E-state index is -4.06. The molecular formula is C32H29N3O5S2. The summed E-state index contributed by atoms with van der Waals surface area (Å²) in [5.41, 5.74) is 2.85. The van der Waals surface area contributed by atoms with Gasteiger partial charge in [0.2, 0.25) is 5.91 Å². The van der Waals surface area contributed by atoms with Crippen LogP contribution in [0.4, 0.5) is 17.1 Å². The van der Waals surface area contributed by atoms with Gasteiger partial charge in [-0.1, -0.05) is 60.7 Å². The number of hydrogen-bond donors (Lipinski definition) is 2. The summed E-state index contributed by atoms with van der Waals surface area (Å²) < 4.78 is 57.1. The topological polar surface area (TPSA) is 113 Å². The molecule has 0 heterocycles. The van der Waals surface area contributed by atoms with Crippen LogP contribution in [0.15, 0.2) is 125 Å². The number of hydrogen-bond acceptors (Lipinski definition) is 5. The highest BCUT2D eigenvalue weighted by Gasteiger charge is 2.27. The Kier molecular flexibility index (Phi) is 8.02. The molecule has 0 radical (unpaired) electrons. The van der Waals surface area contributed by atoms with Crippen molar-refractivity contribution in [2.24, 2.45) is 0 Å². The third-order valence-corrected chi connectivity index (χ3v) is 9.76. The van der Waals surface area contributed by atoms with Gasteiger partial charge in [0.05, 0.1) is 21.2 Å². The van der Waals surface area contributed by atoms with Crippen molar-refractivity contribution < 1.29 is 21.6 Å². The van der Waals surface area contributed by atoms with Gasteiger partial charge in [0, 0.05) is 11.1 Å². The largest absolute Gasteiger partial charge is 0.325 e. The summed E-state index contributed by atoms with van der Waals surface area (Å²) in [7, 11) is -7.98. The molecule has 0 unspecified atom stereocenters. The van der Waals surface area contributed by atoms with Gasteiger partial charge in [-0.25, -0.2) is 16.8 Å². The van der Waals surface area contributed by atoms with E-state index in [1.165, 1.54) is 36.4 Å². The zero-order chi connectivity index (χ0) is 29.9. The molecule has 214 valence electrons. The summed E-state index contributed by atoms with van der Waals surface area (Å²) >= 11 is 0. The quantitative estimate of drug-likeness (QED) is 0.213. The maximum Gasteiger partial charge on any atom is 0.264 e. The van der Waals surface area contributed by atoms with Crippen molar-refractivity contribution in [1.82, 2.24) is 0 Å². The van der Waals surface area contributed by atoms with E-state index < -0.39 is 32.5 Å². The number of anilines is 3.